The molecule has 2 saturated heterocycles. The molecule has 2 fully saturated rings. The average Bonchev–Trinajstić information content (AvgIpc) is 3.18. The standard InChI is InChI=1S/C20H29ClN4O3S/c1-28-17-8-7-14(21)12-16(17)23-20(29)22-15-6-2-3-11-25(19(15)27)13-18(26)24-9-4-5-10-24/h7-8,12,15,18,26H,2-6,9-11,13H2,1H3,(H2,22,23,29)/t15-,18?/m0/s1. The van der Waals surface area contributed by atoms with Gasteiger partial charge in [0.2, 0.25) is 5.91 Å². The number of amides is 1. The number of thiocarbonyl (C=S) groups is 1. The van der Waals surface area contributed by atoms with Gasteiger partial charge in [-0.2, -0.15) is 0 Å². The molecule has 29 heavy (non-hydrogen) atoms. The van der Waals surface area contributed by atoms with Gasteiger partial charge in [0.05, 0.1) is 19.3 Å². The van der Waals surface area contributed by atoms with Crippen molar-refractivity contribution in [1.29, 1.82) is 0 Å². The van der Waals surface area contributed by atoms with Crippen LogP contribution in [0.3, 0.4) is 0 Å². The first-order valence-electron chi connectivity index (χ1n) is 10.1. The van der Waals surface area contributed by atoms with Crippen molar-refractivity contribution in [1.82, 2.24) is 15.1 Å². The number of carbonyl (C=O) groups is 1. The number of methoxy groups -OCH3 is 1. The van der Waals surface area contributed by atoms with Gasteiger partial charge in [-0.25, -0.2) is 0 Å². The number of hydrogen-bond acceptors (Lipinski definition) is 5. The number of carbonyl (C=O) groups excluding carboxylic acids is 1. The van der Waals surface area contributed by atoms with Crippen molar-refractivity contribution in [3.8, 4) is 5.75 Å². The van der Waals surface area contributed by atoms with E-state index in [-0.39, 0.29) is 5.91 Å². The smallest absolute Gasteiger partial charge is 0.245 e. The number of aliphatic hydroxyl groups is 1. The van der Waals surface area contributed by atoms with Gasteiger partial charge < -0.3 is 25.4 Å². The first kappa shape index (κ1) is 22.1. The highest BCUT2D eigenvalue weighted by molar-refractivity contribution is 7.80. The van der Waals surface area contributed by atoms with Crippen LogP contribution in [0.4, 0.5) is 5.69 Å². The van der Waals surface area contributed by atoms with Gasteiger partial charge in [-0.1, -0.05) is 11.6 Å². The second kappa shape index (κ2) is 10.4. The largest absolute Gasteiger partial charge is 0.495 e. The van der Waals surface area contributed by atoms with E-state index in [4.69, 9.17) is 28.6 Å². The second-order valence-electron chi connectivity index (χ2n) is 7.50. The summed E-state index contributed by atoms with van der Waals surface area (Å²) in [6.07, 6.45) is 4.12. The Kier molecular flexibility index (Phi) is 7.94. The van der Waals surface area contributed by atoms with Crippen LogP contribution < -0.4 is 15.4 Å². The topological polar surface area (TPSA) is 77.1 Å². The molecule has 0 aromatic heterocycles. The van der Waals surface area contributed by atoms with Crippen LogP contribution in [0, 0.1) is 0 Å². The van der Waals surface area contributed by atoms with E-state index in [0.29, 0.717) is 41.1 Å². The van der Waals surface area contributed by atoms with Gasteiger partial charge in [0.25, 0.3) is 0 Å². The van der Waals surface area contributed by atoms with Crippen LogP contribution in [0.2, 0.25) is 5.02 Å². The maximum Gasteiger partial charge on any atom is 0.245 e. The Morgan fingerprint density at radius 1 is 1.31 bits per heavy atom. The van der Waals surface area contributed by atoms with Gasteiger partial charge in [0.1, 0.15) is 18.0 Å². The average molecular weight is 441 g/mol. The van der Waals surface area contributed by atoms with Crippen molar-refractivity contribution in [2.24, 2.45) is 0 Å². The summed E-state index contributed by atoms with van der Waals surface area (Å²) >= 11 is 11.5. The lowest BCUT2D eigenvalue weighted by molar-refractivity contribution is -0.135. The zero-order valence-corrected chi connectivity index (χ0v) is 18.3. The molecule has 1 aromatic carbocycles. The normalized spacial score (nSPS) is 21.6. The molecule has 1 unspecified atom stereocenters. The number of halogens is 1. The van der Waals surface area contributed by atoms with Crippen LogP contribution in [0.15, 0.2) is 18.2 Å². The van der Waals surface area contributed by atoms with E-state index in [2.05, 4.69) is 10.6 Å². The number of β-amino-alcohol motifs (C(OH)–C–C–N with tert-alkyl or cyclic N) is 1. The first-order valence-corrected chi connectivity index (χ1v) is 10.9. The van der Waals surface area contributed by atoms with Gasteiger partial charge >= 0.3 is 0 Å². The van der Waals surface area contributed by atoms with Crippen LogP contribution in [-0.2, 0) is 4.79 Å². The summed E-state index contributed by atoms with van der Waals surface area (Å²) in [5, 5.41) is 17.6. The fourth-order valence-electron chi connectivity index (χ4n) is 3.87. The Bertz CT molecular complexity index is 730. The molecule has 2 heterocycles. The molecule has 3 N–H and O–H groups in total. The molecular weight excluding hydrogens is 412 g/mol. The van der Waals surface area contributed by atoms with Crippen molar-refractivity contribution < 1.29 is 14.6 Å². The van der Waals surface area contributed by atoms with Gasteiger partial charge in [-0.15, -0.1) is 0 Å². The van der Waals surface area contributed by atoms with Crippen molar-refractivity contribution in [3.63, 3.8) is 0 Å². The van der Waals surface area contributed by atoms with E-state index < -0.39 is 12.3 Å². The molecular formula is C20H29ClN4O3S. The molecule has 0 radical (unpaired) electrons. The maximum absolute atomic E-state index is 13.1. The third-order valence-electron chi connectivity index (χ3n) is 5.44. The molecule has 1 amide bonds. The molecule has 2 aliphatic rings. The number of likely N-dealkylation sites (tertiary alicyclic amines) is 2. The SMILES string of the molecule is COc1ccc(Cl)cc1NC(=S)N[C@H]1CCCCN(CC(O)N2CCCC2)C1=O. The number of benzene rings is 1. The quantitative estimate of drug-likeness (QED) is 0.586. The lowest BCUT2D eigenvalue weighted by Gasteiger charge is -2.31. The highest BCUT2D eigenvalue weighted by atomic mass is 35.5. The maximum atomic E-state index is 13.1. The van der Waals surface area contributed by atoms with Crippen LogP contribution in [0.5, 0.6) is 5.75 Å². The zero-order chi connectivity index (χ0) is 20.8. The lowest BCUT2D eigenvalue weighted by atomic mass is 10.1. The number of ether oxygens (including phenoxy) is 1. The Hall–Kier alpha value is -1.61. The summed E-state index contributed by atoms with van der Waals surface area (Å²) in [4.78, 5) is 16.9. The van der Waals surface area contributed by atoms with Crippen LogP contribution in [0.25, 0.3) is 0 Å². The monoisotopic (exact) mass is 440 g/mol. The van der Waals surface area contributed by atoms with Crippen molar-refractivity contribution >= 4 is 40.5 Å². The zero-order valence-electron chi connectivity index (χ0n) is 16.7. The summed E-state index contributed by atoms with van der Waals surface area (Å²) < 4.78 is 5.33. The van der Waals surface area contributed by atoms with Crippen LogP contribution >= 0.6 is 23.8 Å². The Morgan fingerprint density at radius 3 is 2.76 bits per heavy atom. The fraction of sp³-hybridized carbons (Fsp3) is 0.600. The highest BCUT2D eigenvalue weighted by Gasteiger charge is 2.30. The van der Waals surface area contributed by atoms with Crippen molar-refractivity contribution in [2.75, 3.05) is 38.6 Å². The summed E-state index contributed by atoms with van der Waals surface area (Å²) in [7, 11) is 1.57. The number of anilines is 1. The Morgan fingerprint density at radius 2 is 2.03 bits per heavy atom. The molecule has 7 nitrogen and oxygen atoms in total. The minimum absolute atomic E-state index is 0.0250. The predicted octanol–water partition coefficient (Wildman–Crippen LogP) is 2.43. The summed E-state index contributed by atoms with van der Waals surface area (Å²) in [5.41, 5.74) is 0.639. The van der Waals surface area contributed by atoms with Gasteiger partial charge in [0, 0.05) is 24.7 Å². The second-order valence-corrected chi connectivity index (χ2v) is 8.34. The molecule has 0 saturated carbocycles. The molecule has 2 atom stereocenters. The molecule has 9 heteroatoms. The van der Waals surface area contributed by atoms with E-state index in [0.717, 1.165) is 38.8 Å². The summed E-state index contributed by atoms with van der Waals surface area (Å²) in [6, 6.07) is 4.79. The highest BCUT2D eigenvalue weighted by Crippen LogP contribution is 2.27. The first-order chi connectivity index (χ1) is 14.0. The molecule has 3 rings (SSSR count). The van der Waals surface area contributed by atoms with E-state index in [1.165, 1.54) is 0 Å². The summed E-state index contributed by atoms with van der Waals surface area (Å²) in [6.45, 7) is 2.77. The molecule has 1 aromatic rings. The van der Waals surface area contributed by atoms with E-state index in [9.17, 15) is 9.90 Å². The predicted molar refractivity (Wildman–Crippen MR) is 118 cm³/mol. The van der Waals surface area contributed by atoms with Crippen LogP contribution in [0.1, 0.15) is 32.1 Å². The lowest BCUT2D eigenvalue weighted by Crippen LogP contribution is -2.52. The van der Waals surface area contributed by atoms with Gasteiger partial charge in [0.15, 0.2) is 5.11 Å². The summed E-state index contributed by atoms with van der Waals surface area (Å²) in [5.74, 6) is 0.587. The minimum Gasteiger partial charge on any atom is -0.495 e. The van der Waals surface area contributed by atoms with Gasteiger partial charge in [-0.05, 0) is 62.5 Å². The fourth-order valence-corrected chi connectivity index (χ4v) is 4.29. The Labute approximate surface area is 182 Å². The third kappa shape index (κ3) is 5.94. The molecule has 0 aliphatic carbocycles. The third-order valence-corrected chi connectivity index (χ3v) is 5.90. The van der Waals surface area contributed by atoms with E-state index in [1.54, 1.807) is 30.2 Å². The van der Waals surface area contributed by atoms with Crippen molar-refractivity contribution in [2.45, 2.75) is 44.4 Å². The minimum atomic E-state index is -0.610. The molecule has 160 valence electrons. The number of nitrogens with one attached hydrogen (secondary N) is 2. The van der Waals surface area contributed by atoms with Crippen LogP contribution in [-0.4, -0.2) is 71.5 Å². The van der Waals surface area contributed by atoms with Crippen molar-refractivity contribution in [3.05, 3.63) is 23.2 Å². The van der Waals surface area contributed by atoms with E-state index in [1.807, 2.05) is 4.90 Å². The van der Waals surface area contributed by atoms with Gasteiger partial charge in [-0.3, -0.25) is 9.69 Å². The molecule has 2 aliphatic heterocycles. The molecule has 0 bridgehead atoms. The molecule has 0 spiro atoms. The number of nitrogens with zero attached hydrogens (tertiary/aromatic N) is 2. The number of hydrogen-bond donors (Lipinski definition) is 3. The number of rotatable bonds is 6. The van der Waals surface area contributed by atoms with E-state index >= 15 is 0 Å². The number of aliphatic hydroxyl groups excluding tert-OH is 1. The Balaban J connectivity index is 1.60.